The Morgan fingerprint density at radius 3 is 2.81 bits per heavy atom. The Morgan fingerprint density at radius 2 is 2.12 bits per heavy atom. The van der Waals surface area contributed by atoms with Crippen molar-refractivity contribution < 1.29 is 4.79 Å². The second kappa shape index (κ2) is 5.95. The number of pyridine rings is 2. The Hall–Kier alpha value is -3.20. The average Bonchev–Trinajstić information content (AvgIpc) is 3.17. The molecule has 0 unspecified atom stereocenters. The van der Waals surface area contributed by atoms with Crippen molar-refractivity contribution in [2.45, 2.75) is 19.9 Å². The Balaban J connectivity index is 1.89. The van der Waals surface area contributed by atoms with Crippen LogP contribution in [0.25, 0.3) is 28.1 Å². The number of carbonyl (C=O) groups excluding carboxylic acids is 1. The van der Waals surface area contributed by atoms with Gasteiger partial charge in [0.2, 0.25) is 0 Å². The van der Waals surface area contributed by atoms with Gasteiger partial charge in [0, 0.05) is 18.4 Å². The number of nitrogens with zero attached hydrogens (tertiary/aromatic N) is 5. The minimum Gasteiger partial charge on any atom is -0.345 e. The van der Waals surface area contributed by atoms with Gasteiger partial charge in [0.05, 0.1) is 22.2 Å². The molecular formula is C16H14ClN7O2. The maximum Gasteiger partial charge on any atom is 0.344 e. The van der Waals surface area contributed by atoms with Crippen LogP contribution in [0.4, 0.5) is 4.79 Å². The first-order chi connectivity index (χ1) is 12.5. The average molecular weight is 372 g/mol. The lowest BCUT2D eigenvalue weighted by Gasteiger charge is -2.08. The van der Waals surface area contributed by atoms with E-state index in [4.69, 9.17) is 11.6 Å². The summed E-state index contributed by atoms with van der Waals surface area (Å²) >= 11 is 5.84. The first kappa shape index (κ1) is 16.3. The molecule has 0 saturated carbocycles. The largest absolute Gasteiger partial charge is 0.345 e. The van der Waals surface area contributed by atoms with Crippen LogP contribution in [-0.2, 0) is 0 Å². The lowest BCUT2D eigenvalue weighted by Crippen LogP contribution is -2.34. The molecule has 0 radical (unpaired) electrons. The number of aromatic nitrogens is 6. The van der Waals surface area contributed by atoms with Crippen molar-refractivity contribution in [1.29, 1.82) is 0 Å². The van der Waals surface area contributed by atoms with Crippen molar-refractivity contribution in [3.8, 4) is 17.1 Å². The Kier molecular flexibility index (Phi) is 3.73. The molecule has 2 aromatic rings. The van der Waals surface area contributed by atoms with E-state index in [1.165, 1.54) is 28.0 Å². The monoisotopic (exact) mass is 371 g/mol. The predicted octanol–water partition coefficient (Wildman–Crippen LogP) is 2.03. The van der Waals surface area contributed by atoms with Crippen molar-refractivity contribution in [3.63, 3.8) is 0 Å². The molecule has 2 N–H and O–H groups in total. The molecule has 26 heavy (non-hydrogen) atoms. The van der Waals surface area contributed by atoms with Crippen molar-refractivity contribution in [2.24, 2.45) is 0 Å². The molecule has 2 aliphatic heterocycles. The Labute approximate surface area is 151 Å². The fraction of sp³-hybridized carbons (Fsp3) is 0.188. The summed E-state index contributed by atoms with van der Waals surface area (Å²) in [5.74, 6) is 0.355. The summed E-state index contributed by atoms with van der Waals surface area (Å²) in [5, 5.41) is 12.3. The summed E-state index contributed by atoms with van der Waals surface area (Å²) in [7, 11) is 0. The maximum absolute atomic E-state index is 12.6. The van der Waals surface area contributed by atoms with E-state index in [1.54, 1.807) is 12.1 Å². The van der Waals surface area contributed by atoms with Gasteiger partial charge in [-0.15, -0.1) is 0 Å². The number of hydrogen-bond acceptors (Lipinski definition) is 5. The molecule has 0 aliphatic carbocycles. The van der Waals surface area contributed by atoms with Gasteiger partial charge < -0.3 is 10.3 Å². The van der Waals surface area contributed by atoms with Crippen LogP contribution >= 0.6 is 11.6 Å². The normalized spacial score (nSPS) is 11.5. The number of halogens is 1. The molecule has 2 aromatic heterocycles. The molecule has 4 rings (SSSR count). The van der Waals surface area contributed by atoms with Crippen molar-refractivity contribution >= 4 is 28.7 Å². The topological polar surface area (TPSA) is 110 Å². The molecule has 10 heteroatoms. The quantitative estimate of drug-likeness (QED) is 0.560. The lowest BCUT2D eigenvalue weighted by atomic mass is 10.2. The SMILES string of the molecule is CC(C)NC(=O)n1ncc2c3nn(-c4ccc(Cl)cn4)c(=O)c-3c[nH]c21. The van der Waals surface area contributed by atoms with Crippen LogP contribution in [0.3, 0.4) is 0 Å². The van der Waals surface area contributed by atoms with Crippen LogP contribution in [0.2, 0.25) is 5.02 Å². The van der Waals surface area contributed by atoms with Crippen molar-refractivity contribution in [2.75, 3.05) is 0 Å². The number of carbonyl (C=O) groups is 1. The van der Waals surface area contributed by atoms with E-state index < -0.39 is 0 Å². The summed E-state index contributed by atoms with van der Waals surface area (Å²) < 4.78 is 2.40. The maximum atomic E-state index is 12.6. The van der Waals surface area contributed by atoms with Crippen molar-refractivity contribution in [1.82, 2.24) is 34.8 Å². The van der Waals surface area contributed by atoms with Crippen LogP contribution in [0, 0.1) is 0 Å². The van der Waals surface area contributed by atoms with Gasteiger partial charge in [0.15, 0.2) is 5.82 Å². The highest BCUT2D eigenvalue weighted by molar-refractivity contribution is 6.30. The van der Waals surface area contributed by atoms with Gasteiger partial charge in [0.1, 0.15) is 11.3 Å². The fourth-order valence-corrected chi connectivity index (χ4v) is 2.77. The van der Waals surface area contributed by atoms with Crippen LogP contribution in [0.5, 0.6) is 0 Å². The van der Waals surface area contributed by atoms with Crippen LogP contribution < -0.4 is 10.9 Å². The number of nitrogens with one attached hydrogen (secondary N) is 2. The molecule has 9 nitrogen and oxygen atoms in total. The number of fused-ring (bicyclic) bond motifs is 3. The minimum absolute atomic E-state index is 0.0334. The molecule has 2 aliphatic rings. The van der Waals surface area contributed by atoms with Gasteiger partial charge in [-0.05, 0) is 26.0 Å². The highest BCUT2D eigenvalue weighted by Gasteiger charge is 2.23. The zero-order chi connectivity index (χ0) is 18.4. The molecular weight excluding hydrogens is 358 g/mol. The molecule has 0 bridgehead atoms. The molecule has 0 fully saturated rings. The number of hydrogen-bond donors (Lipinski definition) is 2. The van der Waals surface area contributed by atoms with Gasteiger partial charge in [-0.2, -0.15) is 19.6 Å². The molecule has 0 spiro atoms. The second-order valence-corrected chi connectivity index (χ2v) is 6.46. The Morgan fingerprint density at radius 1 is 1.31 bits per heavy atom. The minimum atomic E-state index is -0.369. The summed E-state index contributed by atoms with van der Waals surface area (Å²) in [5.41, 5.74) is 0.930. The number of amides is 1. The van der Waals surface area contributed by atoms with Crippen LogP contribution in [-0.4, -0.2) is 41.6 Å². The number of rotatable bonds is 2. The fourth-order valence-electron chi connectivity index (χ4n) is 2.66. The van der Waals surface area contributed by atoms with Crippen LogP contribution in [0.1, 0.15) is 13.8 Å². The summed E-state index contributed by atoms with van der Waals surface area (Å²) in [4.78, 5) is 32.0. The van der Waals surface area contributed by atoms with E-state index in [0.717, 1.165) is 0 Å². The number of aromatic amines is 1. The third kappa shape index (κ3) is 2.53. The van der Waals surface area contributed by atoms with Gasteiger partial charge in [-0.25, -0.2) is 9.78 Å². The van der Waals surface area contributed by atoms with E-state index in [0.29, 0.717) is 33.1 Å². The first-order valence-corrected chi connectivity index (χ1v) is 8.24. The van der Waals surface area contributed by atoms with E-state index in [2.05, 4.69) is 25.5 Å². The molecule has 132 valence electrons. The van der Waals surface area contributed by atoms with Gasteiger partial charge in [-0.1, -0.05) is 11.6 Å². The highest BCUT2D eigenvalue weighted by Crippen LogP contribution is 2.25. The van der Waals surface area contributed by atoms with Gasteiger partial charge in [0.25, 0.3) is 5.56 Å². The second-order valence-electron chi connectivity index (χ2n) is 6.03. The van der Waals surface area contributed by atoms with Crippen LogP contribution in [0.15, 0.2) is 35.5 Å². The van der Waals surface area contributed by atoms with E-state index in [9.17, 15) is 9.59 Å². The summed E-state index contributed by atoms with van der Waals surface area (Å²) in [6.45, 7) is 3.71. The third-order valence-corrected chi connectivity index (χ3v) is 4.01. The zero-order valence-electron chi connectivity index (χ0n) is 13.9. The van der Waals surface area contributed by atoms with Crippen molar-refractivity contribution in [3.05, 3.63) is 46.1 Å². The standard InChI is InChI=1S/C16H14ClN7O2/c1-8(2)21-16(26)24-14-10(7-20-24)13-11(6-19-14)15(25)23(22-13)12-4-3-9(17)5-18-12/h3-8,19H,1-2H3,(H,21,26). The molecule has 4 heterocycles. The molecule has 1 amide bonds. The molecule has 0 aromatic carbocycles. The Bertz CT molecular complexity index is 1140. The summed E-state index contributed by atoms with van der Waals surface area (Å²) in [6.07, 6.45) is 4.46. The lowest BCUT2D eigenvalue weighted by molar-refractivity contribution is 0.238. The summed E-state index contributed by atoms with van der Waals surface area (Å²) in [6, 6.07) is 2.84. The van der Waals surface area contributed by atoms with E-state index >= 15 is 0 Å². The van der Waals surface area contributed by atoms with E-state index in [-0.39, 0.29) is 17.6 Å². The predicted molar refractivity (Wildman–Crippen MR) is 96.0 cm³/mol. The third-order valence-electron chi connectivity index (χ3n) is 3.79. The number of H-pyrrole nitrogens is 1. The highest BCUT2D eigenvalue weighted by atomic mass is 35.5. The van der Waals surface area contributed by atoms with Gasteiger partial charge in [-0.3, -0.25) is 4.79 Å². The first-order valence-electron chi connectivity index (χ1n) is 7.86. The zero-order valence-corrected chi connectivity index (χ0v) is 14.7. The molecule has 0 atom stereocenters. The smallest absolute Gasteiger partial charge is 0.344 e. The molecule has 0 saturated heterocycles. The van der Waals surface area contributed by atoms with E-state index in [1.807, 2.05) is 13.8 Å². The van der Waals surface area contributed by atoms with Gasteiger partial charge >= 0.3 is 6.03 Å².